The van der Waals surface area contributed by atoms with Crippen LogP contribution in [0.25, 0.3) is 11.0 Å². The lowest BCUT2D eigenvalue weighted by Crippen LogP contribution is -2.37. The first-order chi connectivity index (χ1) is 13.2. The number of rotatable bonds is 6. The molecule has 2 atom stereocenters. The molecule has 0 radical (unpaired) electrons. The van der Waals surface area contributed by atoms with Crippen LogP contribution in [0.5, 0.6) is 0 Å². The molecule has 2 aromatic carbocycles. The number of aromatic nitrogens is 2. The molecule has 1 unspecified atom stereocenters. The van der Waals surface area contributed by atoms with Gasteiger partial charge in [0.15, 0.2) is 0 Å². The van der Waals surface area contributed by atoms with E-state index in [-0.39, 0.29) is 5.69 Å². The number of piperidine rings is 1. The molecule has 1 fully saturated rings. The van der Waals surface area contributed by atoms with Gasteiger partial charge in [-0.1, -0.05) is 36.4 Å². The summed E-state index contributed by atoms with van der Waals surface area (Å²) in [5.41, 5.74) is 3.58. The molecular formula is C22H27N3O2. The van der Waals surface area contributed by atoms with Gasteiger partial charge in [-0.3, -0.25) is 0 Å². The van der Waals surface area contributed by atoms with Gasteiger partial charge in [-0.2, -0.15) is 0 Å². The second-order valence-electron chi connectivity index (χ2n) is 7.69. The van der Waals surface area contributed by atoms with Gasteiger partial charge in [0.25, 0.3) is 0 Å². The van der Waals surface area contributed by atoms with E-state index in [1.807, 2.05) is 18.2 Å². The summed E-state index contributed by atoms with van der Waals surface area (Å²) in [6.45, 7) is 3.11. The van der Waals surface area contributed by atoms with Crippen molar-refractivity contribution < 1.29 is 5.11 Å². The standard InChI is InChI=1S/C22H27N3O2/c26-21(18-8-9-19-20(14-18)24-22(27)23-19)10-12-25-11-4-7-17(15-25)13-16-5-2-1-3-6-16/h1-3,5-6,8-9,14,17,21,26H,4,7,10-13,15H2,(H2,23,24,27)/t17-,21?/m0/s1. The van der Waals surface area contributed by atoms with E-state index in [4.69, 9.17) is 0 Å². The van der Waals surface area contributed by atoms with E-state index in [0.29, 0.717) is 12.3 Å². The molecule has 142 valence electrons. The predicted octanol–water partition coefficient (Wildman–Crippen LogP) is 3.23. The first-order valence-corrected chi connectivity index (χ1v) is 9.83. The molecule has 0 spiro atoms. The van der Waals surface area contributed by atoms with Crippen LogP contribution in [-0.2, 0) is 6.42 Å². The van der Waals surface area contributed by atoms with E-state index < -0.39 is 6.10 Å². The summed E-state index contributed by atoms with van der Waals surface area (Å²) in [5, 5.41) is 10.6. The summed E-state index contributed by atoms with van der Waals surface area (Å²) in [6, 6.07) is 16.3. The monoisotopic (exact) mass is 365 g/mol. The topological polar surface area (TPSA) is 72.1 Å². The minimum absolute atomic E-state index is 0.214. The first kappa shape index (κ1) is 18.0. The molecule has 1 saturated heterocycles. The lowest BCUT2D eigenvalue weighted by atomic mass is 9.91. The molecule has 27 heavy (non-hydrogen) atoms. The largest absolute Gasteiger partial charge is 0.388 e. The lowest BCUT2D eigenvalue weighted by molar-refractivity contribution is 0.118. The normalized spacial score (nSPS) is 19.4. The predicted molar refractivity (Wildman–Crippen MR) is 108 cm³/mol. The van der Waals surface area contributed by atoms with Crippen molar-refractivity contribution in [3.63, 3.8) is 0 Å². The number of aliphatic hydroxyl groups is 1. The molecular weight excluding hydrogens is 338 g/mol. The Labute approximate surface area is 159 Å². The molecule has 3 N–H and O–H groups in total. The van der Waals surface area contributed by atoms with Crippen molar-refractivity contribution in [2.75, 3.05) is 19.6 Å². The molecule has 0 bridgehead atoms. The Bertz CT molecular complexity index is 931. The van der Waals surface area contributed by atoms with Gasteiger partial charge in [-0.05, 0) is 61.4 Å². The van der Waals surface area contributed by atoms with Crippen molar-refractivity contribution >= 4 is 11.0 Å². The maximum Gasteiger partial charge on any atom is 0.323 e. The Kier molecular flexibility index (Phi) is 5.41. The van der Waals surface area contributed by atoms with Crippen molar-refractivity contribution in [3.05, 3.63) is 70.1 Å². The van der Waals surface area contributed by atoms with Gasteiger partial charge in [0.05, 0.1) is 17.1 Å². The summed E-state index contributed by atoms with van der Waals surface area (Å²) in [5.74, 6) is 0.694. The number of aliphatic hydroxyl groups excluding tert-OH is 1. The van der Waals surface area contributed by atoms with Crippen LogP contribution in [0.4, 0.5) is 0 Å². The minimum Gasteiger partial charge on any atom is -0.388 e. The van der Waals surface area contributed by atoms with Gasteiger partial charge in [-0.25, -0.2) is 4.79 Å². The van der Waals surface area contributed by atoms with Gasteiger partial charge in [-0.15, -0.1) is 0 Å². The highest BCUT2D eigenvalue weighted by molar-refractivity contribution is 5.75. The van der Waals surface area contributed by atoms with Crippen LogP contribution in [0.15, 0.2) is 53.3 Å². The number of nitrogens with zero attached hydrogens (tertiary/aromatic N) is 1. The quantitative estimate of drug-likeness (QED) is 0.628. The van der Waals surface area contributed by atoms with Crippen LogP contribution in [0.1, 0.15) is 36.5 Å². The highest BCUT2D eigenvalue weighted by Crippen LogP contribution is 2.24. The van der Waals surface area contributed by atoms with Crippen LogP contribution in [0, 0.1) is 5.92 Å². The number of likely N-dealkylation sites (tertiary alicyclic amines) is 1. The SMILES string of the molecule is O=c1[nH]c2ccc(C(O)CCN3CCC[C@@H](Cc4ccccc4)C3)cc2[nH]1. The van der Waals surface area contributed by atoms with E-state index in [0.717, 1.165) is 42.7 Å². The van der Waals surface area contributed by atoms with Crippen molar-refractivity contribution in [3.8, 4) is 0 Å². The molecule has 1 aromatic heterocycles. The Morgan fingerprint density at radius 3 is 2.78 bits per heavy atom. The zero-order valence-corrected chi connectivity index (χ0v) is 15.5. The number of aromatic amines is 2. The third kappa shape index (κ3) is 4.49. The van der Waals surface area contributed by atoms with E-state index >= 15 is 0 Å². The van der Waals surface area contributed by atoms with Crippen LogP contribution in [0.3, 0.4) is 0 Å². The van der Waals surface area contributed by atoms with Gasteiger partial charge < -0.3 is 20.0 Å². The molecule has 5 heteroatoms. The van der Waals surface area contributed by atoms with Crippen molar-refractivity contribution in [1.29, 1.82) is 0 Å². The zero-order valence-electron chi connectivity index (χ0n) is 15.5. The molecule has 0 amide bonds. The number of hydrogen-bond donors (Lipinski definition) is 3. The van der Waals surface area contributed by atoms with Crippen molar-refractivity contribution in [2.24, 2.45) is 5.92 Å². The van der Waals surface area contributed by atoms with Gasteiger partial charge in [0.1, 0.15) is 0 Å². The average molecular weight is 365 g/mol. The van der Waals surface area contributed by atoms with Crippen molar-refractivity contribution in [2.45, 2.75) is 31.8 Å². The van der Waals surface area contributed by atoms with Gasteiger partial charge in [0, 0.05) is 13.1 Å². The van der Waals surface area contributed by atoms with Gasteiger partial charge in [0.2, 0.25) is 0 Å². The molecule has 1 aliphatic rings. The summed E-state index contributed by atoms with van der Waals surface area (Å²) in [7, 11) is 0. The number of H-pyrrole nitrogens is 2. The van der Waals surface area contributed by atoms with Crippen LogP contribution >= 0.6 is 0 Å². The highest BCUT2D eigenvalue weighted by Gasteiger charge is 2.21. The van der Waals surface area contributed by atoms with E-state index in [1.54, 1.807) is 0 Å². The zero-order chi connectivity index (χ0) is 18.6. The maximum absolute atomic E-state index is 11.4. The summed E-state index contributed by atoms with van der Waals surface area (Å²) < 4.78 is 0. The first-order valence-electron chi connectivity index (χ1n) is 9.83. The van der Waals surface area contributed by atoms with Gasteiger partial charge >= 0.3 is 5.69 Å². The fourth-order valence-electron chi connectivity index (χ4n) is 4.20. The number of nitrogens with one attached hydrogen (secondary N) is 2. The number of hydrogen-bond acceptors (Lipinski definition) is 3. The molecule has 5 nitrogen and oxygen atoms in total. The molecule has 1 aliphatic heterocycles. The summed E-state index contributed by atoms with van der Waals surface area (Å²) >= 11 is 0. The van der Waals surface area contributed by atoms with E-state index in [2.05, 4.69) is 45.2 Å². The highest BCUT2D eigenvalue weighted by atomic mass is 16.3. The minimum atomic E-state index is -0.512. The number of benzene rings is 2. The molecule has 2 heterocycles. The van der Waals surface area contributed by atoms with Crippen LogP contribution < -0.4 is 5.69 Å². The third-order valence-electron chi connectivity index (χ3n) is 5.61. The Hall–Kier alpha value is -2.37. The van der Waals surface area contributed by atoms with Crippen molar-refractivity contribution in [1.82, 2.24) is 14.9 Å². The fourth-order valence-corrected chi connectivity index (χ4v) is 4.20. The molecule has 4 rings (SSSR count). The third-order valence-corrected chi connectivity index (χ3v) is 5.61. The maximum atomic E-state index is 11.4. The fraction of sp³-hybridized carbons (Fsp3) is 0.409. The average Bonchev–Trinajstić information content (AvgIpc) is 3.06. The number of fused-ring (bicyclic) bond motifs is 1. The summed E-state index contributed by atoms with van der Waals surface area (Å²) in [4.78, 5) is 19.4. The lowest BCUT2D eigenvalue weighted by Gasteiger charge is -2.33. The second-order valence-corrected chi connectivity index (χ2v) is 7.69. The van der Waals surface area contributed by atoms with E-state index in [1.165, 1.54) is 18.4 Å². The molecule has 3 aromatic rings. The van der Waals surface area contributed by atoms with E-state index in [9.17, 15) is 9.90 Å². The second kappa shape index (κ2) is 8.11. The molecule has 0 saturated carbocycles. The van der Waals surface area contributed by atoms with Crippen LogP contribution in [0.2, 0.25) is 0 Å². The Morgan fingerprint density at radius 2 is 1.93 bits per heavy atom. The number of imidazole rings is 1. The Balaban J connectivity index is 1.32. The molecule has 0 aliphatic carbocycles. The smallest absolute Gasteiger partial charge is 0.323 e. The Morgan fingerprint density at radius 1 is 1.11 bits per heavy atom. The van der Waals surface area contributed by atoms with Crippen LogP contribution in [-0.4, -0.2) is 39.6 Å². The summed E-state index contributed by atoms with van der Waals surface area (Å²) in [6.07, 6.45) is 3.84.